The van der Waals surface area contributed by atoms with Gasteiger partial charge in [0.05, 0.1) is 11.1 Å². The zero-order valence-corrected chi connectivity index (χ0v) is 43.2. The van der Waals surface area contributed by atoms with Crippen LogP contribution in [0, 0.1) is 0 Å². The Balaban J connectivity index is 0.976. The van der Waals surface area contributed by atoms with Crippen molar-refractivity contribution < 1.29 is 0 Å². The summed E-state index contributed by atoms with van der Waals surface area (Å²) in [4.78, 5) is 2.52. The predicted octanol–water partition coefficient (Wildman–Crippen LogP) is 20.1. The molecule has 1 heterocycles. The highest BCUT2D eigenvalue weighted by Crippen LogP contribution is 2.60. The molecule has 0 N–H and O–H groups in total. The normalized spacial score (nSPS) is 13.2. The van der Waals surface area contributed by atoms with Crippen LogP contribution in [0.2, 0.25) is 0 Å². The molecular formula is C71H57NS. The van der Waals surface area contributed by atoms with E-state index >= 15 is 0 Å². The molecule has 73 heavy (non-hydrogen) atoms. The molecule has 13 rings (SSSR count). The summed E-state index contributed by atoms with van der Waals surface area (Å²) < 4.78 is 2.60. The van der Waals surface area contributed by atoms with Crippen LogP contribution >= 0.6 is 11.3 Å². The molecule has 11 aromatic carbocycles. The molecular weight excluding hydrogens is 899 g/mol. The Morgan fingerprint density at radius 1 is 0.356 bits per heavy atom. The highest BCUT2D eigenvalue weighted by molar-refractivity contribution is 7.25. The fourth-order valence-electron chi connectivity index (χ4n) is 11.8. The number of fused-ring (bicyclic) bond motifs is 8. The molecule has 1 nitrogen and oxygen atoms in total. The van der Waals surface area contributed by atoms with Crippen molar-refractivity contribution in [1.29, 1.82) is 0 Å². The van der Waals surface area contributed by atoms with Gasteiger partial charge in [-0.2, -0.15) is 0 Å². The van der Waals surface area contributed by atoms with E-state index in [4.69, 9.17) is 0 Å². The van der Waals surface area contributed by atoms with E-state index in [1.807, 2.05) is 11.3 Å². The Morgan fingerprint density at radius 2 is 0.849 bits per heavy atom. The molecule has 0 unspecified atom stereocenters. The first kappa shape index (κ1) is 44.9. The lowest BCUT2D eigenvalue weighted by atomic mass is 9.67. The van der Waals surface area contributed by atoms with Crippen molar-refractivity contribution in [3.05, 3.63) is 270 Å². The fourth-order valence-corrected chi connectivity index (χ4v) is 12.9. The van der Waals surface area contributed by atoms with E-state index in [1.165, 1.54) is 108 Å². The molecule has 1 aliphatic rings. The first-order valence-corrected chi connectivity index (χ1v) is 26.5. The number of rotatable bonds is 7. The zero-order chi connectivity index (χ0) is 49.6. The van der Waals surface area contributed by atoms with Crippen molar-refractivity contribution in [3.8, 4) is 33.4 Å². The SMILES string of the molecule is CC(C)(C)c1ccc(C2(c3ccc(C(C)(C)C)cc3)c3ccccc3-c3c(N(c4ccc(-c5ccc6cc(-c7ccc8ccccc8c7)ccc6c5)cc4)c4ccc5sc6ccccc6c5c4)cccc32)cc1. The third-order valence-corrected chi connectivity index (χ3v) is 16.8. The van der Waals surface area contributed by atoms with Gasteiger partial charge in [-0.3, -0.25) is 0 Å². The number of hydrogen-bond acceptors (Lipinski definition) is 2. The monoisotopic (exact) mass is 955 g/mol. The molecule has 0 saturated heterocycles. The average Bonchev–Trinajstić information content (AvgIpc) is 3.95. The Kier molecular flexibility index (Phi) is 10.5. The van der Waals surface area contributed by atoms with Gasteiger partial charge in [0.2, 0.25) is 0 Å². The van der Waals surface area contributed by atoms with E-state index in [9.17, 15) is 0 Å². The number of benzene rings is 11. The van der Waals surface area contributed by atoms with Crippen LogP contribution in [0.15, 0.2) is 237 Å². The molecule has 0 aliphatic heterocycles. The molecule has 1 aromatic heterocycles. The quantitative estimate of drug-likeness (QED) is 0.154. The molecule has 352 valence electrons. The first-order valence-electron chi connectivity index (χ1n) is 25.7. The summed E-state index contributed by atoms with van der Waals surface area (Å²) in [6, 6.07) is 89.5. The maximum Gasteiger partial charge on any atom is 0.0714 e. The van der Waals surface area contributed by atoms with Crippen LogP contribution in [-0.4, -0.2) is 0 Å². The Bertz CT molecular complexity index is 4030. The number of nitrogens with zero attached hydrogens (tertiary/aromatic N) is 1. The third-order valence-electron chi connectivity index (χ3n) is 15.7. The van der Waals surface area contributed by atoms with Gasteiger partial charge in [-0.05, 0) is 154 Å². The summed E-state index contributed by atoms with van der Waals surface area (Å²) in [6.45, 7) is 13.8. The molecule has 2 heteroatoms. The highest BCUT2D eigenvalue weighted by atomic mass is 32.1. The lowest BCUT2D eigenvalue weighted by Crippen LogP contribution is -2.29. The summed E-state index contributed by atoms with van der Waals surface area (Å²) in [5, 5.41) is 7.56. The molecule has 0 atom stereocenters. The van der Waals surface area contributed by atoms with Crippen molar-refractivity contribution in [1.82, 2.24) is 0 Å². The Labute approximate surface area is 433 Å². The maximum absolute atomic E-state index is 2.52. The van der Waals surface area contributed by atoms with Gasteiger partial charge >= 0.3 is 0 Å². The second-order valence-electron chi connectivity index (χ2n) is 22.1. The van der Waals surface area contributed by atoms with E-state index in [0.717, 1.165) is 17.1 Å². The standard InChI is InChI=1S/C71H57NS/c1-69(2,3)54-30-34-56(35-31-54)71(57-36-32-55(33-37-57)70(4,5)6)63-18-11-9-17-61(63)68-64(71)19-13-20-65(68)72(59-40-41-67-62(45-59)60-16-10-12-21-66(60)73-67)58-38-28-47(29-39-58)49-24-25-52-44-53(27-26-51(52)43-49)50-23-22-46-14-7-8-15-48(46)42-50/h7-45H,1-6H3. The lowest BCUT2D eigenvalue weighted by molar-refractivity contribution is 0.588. The van der Waals surface area contributed by atoms with Gasteiger partial charge in [0.25, 0.3) is 0 Å². The van der Waals surface area contributed by atoms with E-state index in [1.54, 1.807) is 0 Å². The molecule has 0 spiro atoms. The number of hydrogen-bond donors (Lipinski definition) is 0. The van der Waals surface area contributed by atoms with Crippen LogP contribution in [-0.2, 0) is 16.2 Å². The minimum Gasteiger partial charge on any atom is -0.310 e. The van der Waals surface area contributed by atoms with Crippen LogP contribution in [0.5, 0.6) is 0 Å². The van der Waals surface area contributed by atoms with E-state index in [2.05, 4.69) is 283 Å². The highest BCUT2D eigenvalue weighted by Gasteiger charge is 2.47. The van der Waals surface area contributed by atoms with Crippen molar-refractivity contribution in [2.24, 2.45) is 0 Å². The lowest BCUT2D eigenvalue weighted by Gasteiger charge is -2.35. The van der Waals surface area contributed by atoms with Crippen molar-refractivity contribution in [3.63, 3.8) is 0 Å². The van der Waals surface area contributed by atoms with Crippen LogP contribution in [0.1, 0.15) is 74.9 Å². The van der Waals surface area contributed by atoms with Gasteiger partial charge in [-0.15, -0.1) is 11.3 Å². The van der Waals surface area contributed by atoms with Crippen molar-refractivity contribution in [2.45, 2.75) is 57.8 Å². The molecule has 1 aliphatic carbocycles. The predicted molar refractivity (Wildman–Crippen MR) is 315 cm³/mol. The summed E-state index contributed by atoms with van der Waals surface area (Å²) >= 11 is 1.87. The zero-order valence-electron chi connectivity index (χ0n) is 42.4. The second kappa shape index (κ2) is 17.0. The van der Waals surface area contributed by atoms with Crippen LogP contribution in [0.25, 0.3) is 75.1 Å². The fraction of sp³-hybridized carbons (Fsp3) is 0.127. The molecule has 0 fully saturated rings. The first-order chi connectivity index (χ1) is 35.4. The summed E-state index contributed by atoms with van der Waals surface area (Å²) in [7, 11) is 0. The van der Waals surface area contributed by atoms with Crippen LogP contribution < -0.4 is 4.90 Å². The molecule has 0 amide bonds. The van der Waals surface area contributed by atoms with Crippen molar-refractivity contribution >= 4 is 70.1 Å². The van der Waals surface area contributed by atoms with Crippen LogP contribution in [0.3, 0.4) is 0 Å². The number of anilines is 3. The second-order valence-corrected chi connectivity index (χ2v) is 23.2. The average molecular weight is 956 g/mol. The smallest absolute Gasteiger partial charge is 0.0714 e. The minimum absolute atomic E-state index is 0.0287. The molecule has 0 saturated carbocycles. The molecule has 0 radical (unpaired) electrons. The largest absolute Gasteiger partial charge is 0.310 e. The van der Waals surface area contributed by atoms with Gasteiger partial charge in [0.15, 0.2) is 0 Å². The van der Waals surface area contributed by atoms with E-state index in [-0.39, 0.29) is 10.8 Å². The Hall–Kier alpha value is -8.04. The summed E-state index contributed by atoms with van der Waals surface area (Å²) in [5.41, 5.74) is 18.1. The van der Waals surface area contributed by atoms with Gasteiger partial charge in [0, 0.05) is 37.1 Å². The number of thiophene rings is 1. The third kappa shape index (κ3) is 7.50. The van der Waals surface area contributed by atoms with Crippen molar-refractivity contribution in [2.75, 3.05) is 4.90 Å². The van der Waals surface area contributed by atoms with Gasteiger partial charge in [-0.25, -0.2) is 0 Å². The summed E-state index contributed by atoms with van der Waals surface area (Å²) in [6.07, 6.45) is 0. The van der Waals surface area contributed by atoms with Gasteiger partial charge in [-0.1, -0.05) is 217 Å². The van der Waals surface area contributed by atoms with E-state index in [0.29, 0.717) is 0 Å². The molecule has 12 aromatic rings. The van der Waals surface area contributed by atoms with Gasteiger partial charge < -0.3 is 4.90 Å². The Morgan fingerprint density at radius 3 is 1.49 bits per heavy atom. The topological polar surface area (TPSA) is 3.24 Å². The maximum atomic E-state index is 2.52. The van der Waals surface area contributed by atoms with E-state index < -0.39 is 5.41 Å². The summed E-state index contributed by atoms with van der Waals surface area (Å²) in [5.74, 6) is 0. The minimum atomic E-state index is -0.565. The molecule has 0 bridgehead atoms. The van der Waals surface area contributed by atoms with Gasteiger partial charge in [0.1, 0.15) is 0 Å². The van der Waals surface area contributed by atoms with Crippen LogP contribution in [0.4, 0.5) is 17.1 Å².